The molecule has 1 amide bonds. The standard InChI is InChI=1S/C24H20N2O4/c1-28-19-11-7-17(8-12-19)21-22(30-24(26-21)23(25)27)18-9-13-20(14-10-18)29-15-16-5-3-2-4-6-16/h2-14H,15H2,1H3,(H2,25,27). The number of aromatic nitrogens is 1. The number of ether oxygens (including phenoxy) is 2. The average Bonchev–Trinajstić information content (AvgIpc) is 3.25. The molecule has 6 heteroatoms. The van der Waals surface area contributed by atoms with Crippen molar-refractivity contribution in [2.24, 2.45) is 5.73 Å². The lowest BCUT2D eigenvalue weighted by atomic mass is 10.1. The van der Waals surface area contributed by atoms with Crippen LogP contribution in [-0.2, 0) is 6.61 Å². The number of carbonyl (C=O) groups is 1. The van der Waals surface area contributed by atoms with Gasteiger partial charge in [-0.05, 0) is 54.1 Å². The number of hydrogen-bond acceptors (Lipinski definition) is 5. The Morgan fingerprint density at radius 1 is 0.900 bits per heavy atom. The van der Waals surface area contributed by atoms with Crippen LogP contribution in [0.1, 0.15) is 16.2 Å². The van der Waals surface area contributed by atoms with Gasteiger partial charge in [0.15, 0.2) is 5.76 Å². The Hall–Kier alpha value is -4.06. The molecule has 0 atom stereocenters. The molecule has 1 heterocycles. The molecule has 0 saturated carbocycles. The highest BCUT2D eigenvalue weighted by molar-refractivity contribution is 5.90. The van der Waals surface area contributed by atoms with Crippen molar-refractivity contribution in [2.75, 3.05) is 7.11 Å². The van der Waals surface area contributed by atoms with E-state index >= 15 is 0 Å². The van der Waals surface area contributed by atoms with Gasteiger partial charge in [0.25, 0.3) is 5.89 Å². The summed E-state index contributed by atoms with van der Waals surface area (Å²) in [5.41, 5.74) is 8.54. The summed E-state index contributed by atoms with van der Waals surface area (Å²) >= 11 is 0. The van der Waals surface area contributed by atoms with Gasteiger partial charge in [-0.15, -0.1) is 0 Å². The van der Waals surface area contributed by atoms with Gasteiger partial charge in [-0.1, -0.05) is 30.3 Å². The maximum absolute atomic E-state index is 11.6. The van der Waals surface area contributed by atoms with Gasteiger partial charge in [0, 0.05) is 11.1 Å². The van der Waals surface area contributed by atoms with Gasteiger partial charge < -0.3 is 19.6 Å². The normalized spacial score (nSPS) is 10.6. The number of oxazole rings is 1. The molecule has 0 spiro atoms. The zero-order chi connectivity index (χ0) is 20.9. The molecule has 0 radical (unpaired) electrons. The first kappa shape index (κ1) is 19.3. The van der Waals surface area contributed by atoms with Crippen LogP contribution in [0.25, 0.3) is 22.6 Å². The number of hydrogen-bond donors (Lipinski definition) is 1. The molecule has 0 fully saturated rings. The molecule has 30 heavy (non-hydrogen) atoms. The first-order chi connectivity index (χ1) is 14.6. The Morgan fingerprint density at radius 3 is 2.17 bits per heavy atom. The summed E-state index contributed by atoms with van der Waals surface area (Å²) in [5, 5.41) is 0. The summed E-state index contributed by atoms with van der Waals surface area (Å²) in [6.45, 7) is 0.478. The van der Waals surface area contributed by atoms with Crippen LogP contribution in [0.4, 0.5) is 0 Å². The van der Waals surface area contributed by atoms with Gasteiger partial charge in [0.1, 0.15) is 23.8 Å². The third-order valence-corrected chi connectivity index (χ3v) is 4.57. The van der Waals surface area contributed by atoms with Gasteiger partial charge in [-0.3, -0.25) is 4.79 Å². The predicted octanol–water partition coefficient (Wildman–Crippen LogP) is 4.70. The first-order valence-electron chi connectivity index (χ1n) is 9.36. The minimum atomic E-state index is -0.723. The fraction of sp³-hybridized carbons (Fsp3) is 0.0833. The third-order valence-electron chi connectivity index (χ3n) is 4.57. The molecule has 0 aliphatic heterocycles. The molecule has 4 rings (SSSR count). The summed E-state index contributed by atoms with van der Waals surface area (Å²) < 4.78 is 16.7. The van der Waals surface area contributed by atoms with Crippen molar-refractivity contribution in [3.05, 3.63) is 90.3 Å². The Morgan fingerprint density at radius 2 is 1.53 bits per heavy atom. The topological polar surface area (TPSA) is 87.6 Å². The van der Waals surface area contributed by atoms with Crippen molar-refractivity contribution < 1.29 is 18.7 Å². The molecule has 4 aromatic rings. The van der Waals surface area contributed by atoms with Crippen molar-refractivity contribution in [1.82, 2.24) is 4.98 Å². The Bertz CT molecular complexity index is 1130. The number of rotatable bonds is 7. The number of nitrogens with zero attached hydrogens (tertiary/aromatic N) is 1. The van der Waals surface area contributed by atoms with Crippen LogP contribution >= 0.6 is 0 Å². The SMILES string of the molecule is COc1ccc(-c2nc(C(N)=O)oc2-c2ccc(OCc3ccccc3)cc2)cc1. The van der Waals surface area contributed by atoms with Gasteiger partial charge in [-0.25, -0.2) is 4.98 Å². The van der Waals surface area contributed by atoms with E-state index in [-0.39, 0.29) is 5.89 Å². The largest absolute Gasteiger partial charge is 0.497 e. The third kappa shape index (κ3) is 4.17. The van der Waals surface area contributed by atoms with Crippen molar-refractivity contribution in [3.63, 3.8) is 0 Å². The first-order valence-corrected chi connectivity index (χ1v) is 9.36. The van der Waals surface area contributed by atoms with Crippen molar-refractivity contribution in [1.29, 1.82) is 0 Å². The highest BCUT2D eigenvalue weighted by atomic mass is 16.5. The molecule has 0 bridgehead atoms. The van der Waals surface area contributed by atoms with E-state index < -0.39 is 5.91 Å². The second kappa shape index (κ2) is 8.53. The minimum absolute atomic E-state index is 0.139. The van der Waals surface area contributed by atoms with Gasteiger partial charge in [-0.2, -0.15) is 0 Å². The highest BCUT2D eigenvalue weighted by Crippen LogP contribution is 2.34. The van der Waals surface area contributed by atoms with Crippen molar-refractivity contribution in [3.8, 4) is 34.1 Å². The molecule has 0 saturated heterocycles. The number of primary amides is 1. The van der Waals surface area contributed by atoms with E-state index in [1.807, 2.05) is 78.9 Å². The van der Waals surface area contributed by atoms with Crippen molar-refractivity contribution in [2.45, 2.75) is 6.61 Å². The molecule has 1 aromatic heterocycles. The van der Waals surface area contributed by atoms with E-state index in [2.05, 4.69) is 4.98 Å². The molecule has 0 aliphatic rings. The van der Waals surface area contributed by atoms with Gasteiger partial charge >= 0.3 is 5.91 Å². The maximum atomic E-state index is 11.6. The Labute approximate surface area is 173 Å². The average molecular weight is 400 g/mol. The summed E-state index contributed by atoms with van der Waals surface area (Å²) in [5.74, 6) is 1.05. The monoisotopic (exact) mass is 400 g/mol. The number of methoxy groups -OCH3 is 1. The molecular weight excluding hydrogens is 380 g/mol. The summed E-state index contributed by atoms with van der Waals surface area (Å²) in [6, 6.07) is 24.7. The number of nitrogens with two attached hydrogens (primary N) is 1. The zero-order valence-electron chi connectivity index (χ0n) is 16.4. The molecule has 2 N–H and O–H groups in total. The van der Waals surface area contributed by atoms with Crippen LogP contribution in [0.3, 0.4) is 0 Å². The number of carbonyl (C=O) groups excluding carboxylic acids is 1. The van der Waals surface area contributed by atoms with E-state index in [4.69, 9.17) is 19.6 Å². The second-order valence-electron chi connectivity index (χ2n) is 6.59. The van der Waals surface area contributed by atoms with Crippen LogP contribution in [-0.4, -0.2) is 18.0 Å². The van der Waals surface area contributed by atoms with E-state index in [0.717, 1.165) is 28.2 Å². The Kier molecular flexibility index (Phi) is 5.48. The molecule has 3 aromatic carbocycles. The molecule has 0 unspecified atom stereocenters. The van der Waals surface area contributed by atoms with E-state index in [1.165, 1.54) is 0 Å². The molecule has 6 nitrogen and oxygen atoms in total. The minimum Gasteiger partial charge on any atom is -0.497 e. The smallest absolute Gasteiger partial charge is 0.304 e. The second-order valence-corrected chi connectivity index (χ2v) is 6.59. The lowest BCUT2D eigenvalue weighted by Crippen LogP contribution is -2.10. The molecule has 150 valence electrons. The van der Waals surface area contributed by atoms with E-state index in [9.17, 15) is 4.79 Å². The molecule has 0 aliphatic carbocycles. The summed E-state index contributed by atoms with van der Waals surface area (Å²) in [4.78, 5) is 15.9. The predicted molar refractivity (Wildman–Crippen MR) is 113 cm³/mol. The zero-order valence-corrected chi connectivity index (χ0v) is 16.4. The van der Waals surface area contributed by atoms with E-state index in [1.54, 1.807) is 7.11 Å². The summed E-state index contributed by atoms with van der Waals surface area (Å²) in [7, 11) is 1.60. The van der Waals surface area contributed by atoms with E-state index in [0.29, 0.717) is 18.1 Å². The van der Waals surface area contributed by atoms with Crippen LogP contribution in [0.15, 0.2) is 83.3 Å². The van der Waals surface area contributed by atoms with Crippen LogP contribution in [0.2, 0.25) is 0 Å². The number of benzene rings is 3. The lowest BCUT2D eigenvalue weighted by Gasteiger charge is -2.07. The quantitative estimate of drug-likeness (QED) is 0.486. The Balaban J connectivity index is 1.61. The highest BCUT2D eigenvalue weighted by Gasteiger charge is 2.20. The van der Waals surface area contributed by atoms with Gasteiger partial charge in [0.2, 0.25) is 0 Å². The van der Waals surface area contributed by atoms with Crippen LogP contribution < -0.4 is 15.2 Å². The van der Waals surface area contributed by atoms with Gasteiger partial charge in [0.05, 0.1) is 7.11 Å². The van der Waals surface area contributed by atoms with Crippen molar-refractivity contribution >= 4 is 5.91 Å². The lowest BCUT2D eigenvalue weighted by molar-refractivity contribution is 0.0968. The summed E-state index contributed by atoms with van der Waals surface area (Å²) in [6.07, 6.45) is 0. The fourth-order valence-electron chi connectivity index (χ4n) is 3.01. The molecular formula is C24H20N2O4. The van der Waals surface area contributed by atoms with Crippen LogP contribution in [0, 0.1) is 0 Å². The van der Waals surface area contributed by atoms with Crippen LogP contribution in [0.5, 0.6) is 11.5 Å². The number of amides is 1. The fourth-order valence-corrected chi connectivity index (χ4v) is 3.01. The maximum Gasteiger partial charge on any atom is 0.304 e.